The third kappa shape index (κ3) is 6.24. The number of halogens is 2. The van der Waals surface area contributed by atoms with Crippen LogP contribution in [0.25, 0.3) is 0 Å². The molecule has 190 valence electrons. The first-order valence-electron chi connectivity index (χ1n) is 11.6. The molecule has 0 aliphatic carbocycles. The normalized spacial score (nSPS) is 16.5. The van der Waals surface area contributed by atoms with E-state index in [4.69, 9.17) is 21.1 Å². The van der Waals surface area contributed by atoms with Gasteiger partial charge in [0.2, 0.25) is 10.0 Å². The lowest BCUT2D eigenvalue weighted by Gasteiger charge is -2.33. The van der Waals surface area contributed by atoms with Gasteiger partial charge in [0.15, 0.2) is 0 Å². The number of benzene rings is 3. The molecule has 0 amide bonds. The standard InChI is InChI=1S/C27H27ClFNO5S/c1-34-27(31)16-20-6-13-26(35-18-19-4-7-22(28)8-5-19)25(15-20)21-3-2-14-30(17-21)36(32,33)24-11-9-23(29)10-12-24/h4-13,15,21H,2-3,14,16-18H2,1H3. The number of carbonyl (C=O) groups is 1. The molecule has 1 unspecified atom stereocenters. The summed E-state index contributed by atoms with van der Waals surface area (Å²) in [6, 6.07) is 17.7. The summed E-state index contributed by atoms with van der Waals surface area (Å²) < 4.78 is 52.2. The molecular weight excluding hydrogens is 505 g/mol. The molecule has 1 heterocycles. The fourth-order valence-electron chi connectivity index (χ4n) is 4.31. The summed E-state index contributed by atoms with van der Waals surface area (Å²) in [7, 11) is -2.45. The minimum Gasteiger partial charge on any atom is -0.489 e. The number of rotatable bonds is 8. The van der Waals surface area contributed by atoms with Crippen LogP contribution in [0.1, 0.15) is 35.4 Å². The minimum atomic E-state index is -3.79. The molecular formula is C27H27ClFNO5S. The van der Waals surface area contributed by atoms with Gasteiger partial charge in [-0.15, -0.1) is 0 Å². The summed E-state index contributed by atoms with van der Waals surface area (Å²) >= 11 is 5.98. The minimum absolute atomic E-state index is 0.0585. The van der Waals surface area contributed by atoms with E-state index in [0.717, 1.165) is 35.2 Å². The summed E-state index contributed by atoms with van der Waals surface area (Å²) in [6.07, 6.45) is 1.52. The fourth-order valence-corrected chi connectivity index (χ4v) is 5.96. The molecule has 3 aromatic rings. The van der Waals surface area contributed by atoms with Gasteiger partial charge in [0.25, 0.3) is 0 Å². The Morgan fingerprint density at radius 3 is 2.44 bits per heavy atom. The highest BCUT2D eigenvalue weighted by atomic mass is 35.5. The Kier molecular flexibility index (Phi) is 8.28. The molecule has 0 saturated carbocycles. The Balaban J connectivity index is 1.61. The number of ether oxygens (including phenoxy) is 2. The molecule has 0 aromatic heterocycles. The highest BCUT2D eigenvalue weighted by Crippen LogP contribution is 2.36. The summed E-state index contributed by atoms with van der Waals surface area (Å²) in [5.74, 6) is -0.369. The molecule has 0 bridgehead atoms. The number of carbonyl (C=O) groups excluding carboxylic acids is 1. The zero-order chi connectivity index (χ0) is 25.7. The smallest absolute Gasteiger partial charge is 0.309 e. The van der Waals surface area contributed by atoms with Crippen LogP contribution < -0.4 is 4.74 Å². The molecule has 0 radical (unpaired) electrons. The summed E-state index contributed by atoms with van der Waals surface area (Å²) in [4.78, 5) is 11.9. The predicted molar refractivity (Wildman–Crippen MR) is 135 cm³/mol. The first-order valence-corrected chi connectivity index (χ1v) is 13.4. The van der Waals surface area contributed by atoms with Crippen molar-refractivity contribution in [2.45, 2.75) is 36.7 Å². The number of hydrogen-bond acceptors (Lipinski definition) is 5. The van der Waals surface area contributed by atoms with Gasteiger partial charge in [0.1, 0.15) is 18.2 Å². The van der Waals surface area contributed by atoms with Crippen molar-refractivity contribution in [1.82, 2.24) is 4.31 Å². The van der Waals surface area contributed by atoms with Crippen molar-refractivity contribution in [3.05, 3.63) is 94.3 Å². The number of esters is 1. The largest absolute Gasteiger partial charge is 0.489 e. The molecule has 0 spiro atoms. The maximum Gasteiger partial charge on any atom is 0.309 e. The van der Waals surface area contributed by atoms with Gasteiger partial charge >= 0.3 is 5.97 Å². The number of hydrogen-bond donors (Lipinski definition) is 0. The van der Waals surface area contributed by atoms with Crippen LogP contribution in [0, 0.1) is 5.82 Å². The van der Waals surface area contributed by atoms with Gasteiger partial charge in [-0.2, -0.15) is 4.31 Å². The van der Waals surface area contributed by atoms with Crippen molar-refractivity contribution in [2.24, 2.45) is 0 Å². The van der Waals surface area contributed by atoms with Crippen LogP contribution >= 0.6 is 11.6 Å². The molecule has 1 fully saturated rings. The fraction of sp³-hybridized carbons (Fsp3) is 0.296. The van der Waals surface area contributed by atoms with E-state index in [1.54, 1.807) is 12.1 Å². The number of methoxy groups -OCH3 is 1. The van der Waals surface area contributed by atoms with E-state index in [-0.39, 0.29) is 29.7 Å². The Morgan fingerprint density at radius 1 is 1.06 bits per heavy atom. The quantitative estimate of drug-likeness (QED) is 0.367. The second-order valence-electron chi connectivity index (χ2n) is 8.70. The molecule has 1 aliphatic heterocycles. The van der Waals surface area contributed by atoms with Gasteiger partial charge in [-0.05, 0) is 72.0 Å². The summed E-state index contributed by atoms with van der Waals surface area (Å²) in [6.45, 7) is 0.933. The third-order valence-electron chi connectivity index (χ3n) is 6.23. The van der Waals surface area contributed by atoms with Crippen LogP contribution in [-0.2, 0) is 32.6 Å². The number of nitrogens with zero attached hydrogens (tertiary/aromatic N) is 1. The van der Waals surface area contributed by atoms with Gasteiger partial charge in [0.05, 0.1) is 18.4 Å². The summed E-state index contributed by atoms with van der Waals surface area (Å²) in [5.41, 5.74) is 2.53. The average molecular weight is 532 g/mol. The van der Waals surface area contributed by atoms with E-state index >= 15 is 0 Å². The molecule has 36 heavy (non-hydrogen) atoms. The second kappa shape index (κ2) is 11.4. The first-order chi connectivity index (χ1) is 17.3. The van der Waals surface area contributed by atoms with Crippen LogP contribution in [0.15, 0.2) is 71.6 Å². The topological polar surface area (TPSA) is 72.9 Å². The van der Waals surface area contributed by atoms with Crippen molar-refractivity contribution in [3.8, 4) is 5.75 Å². The van der Waals surface area contributed by atoms with E-state index in [2.05, 4.69) is 0 Å². The Bertz CT molecular complexity index is 1310. The lowest BCUT2D eigenvalue weighted by atomic mass is 9.89. The molecule has 1 aliphatic rings. The van der Waals surface area contributed by atoms with E-state index in [0.29, 0.717) is 30.3 Å². The van der Waals surface area contributed by atoms with Gasteiger partial charge in [-0.1, -0.05) is 35.9 Å². The lowest BCUT2D eigenvalue weighted by molar-refractivity contribution is -0.139. The van der Waals surface area contributed by atoms with Crippen molar-refractivity contribution in [3.63, 3.8) is 0 Å². The van der Waals surface area contributed by atoms with Gasteiger partial charge in [0, 0.05) is 24.0 Å². The van der Waals surface area contributed by atoms with Crippen LogP contribution in [0.3, 0.4) is 0 Å². The Hall–Kier alpha value is -2.94. The molecule has 0 N–H and O–H groups in total. The number of piperidine rings is 1. The lowest BCUT2D eigenvalue weighted by Crippen LogP contribution is -2.39. The van der Waals surface area contributed by atoms with Crippen LogP contribution in [0.5, 0.6) is 5.75 Å². The maximum atomic E-state index is 13.4. The van der Waals surface area contributed by atoms with Gasteiger partial charge in [-0.25, -0.2) is 12.8 Å². The highest BCUT2D eigenvalue weighted by Gasteiger charge is 2.32. The van der Waals surface area contributed by atoms with E-state index in [1.807, 2.05) is 30.3 Å². The summed E-state index contributed by atoms with van der Waals surface area (Å²) in [5, 5.41) is 0.635. The zero-order valence-corrected chi connectivity index (χ0v) is 21.4. The second-order valence-corrected chi connectivity index (χ2v) is 11.1. The predicted octanol–water partition coefficient (Wildman–Crippen LogP) is 5.34. The molecule has 4 rings (SSSR count). The average Bonchev–Trinajstić information content (AvgIpc) is 2.89. The maximum absolute atomic E-state index is 13.4. The van der Waals surface area contributed by atoms with E-state index in [9.17, 15) is 17.6 Å². The zero-order valence-electron chi connectivity index (χ0n) is 19.8. The molecule has 1 atom stereocenters. The third-order valence-corrected chi connectivity index (χ3v) is 8.36. The van der Waals surface area contributed by atoms with Gasteiger partial charge in [-0.3, -0.25) is 4.79 Å². The number of sulfonamides is 1. The van der Waals surface area contributed by atoms with Crippen LogP contribution in [-0.4, -0.2) is 38.9 Å². The monoisotopic (exact) mass is 531 g/mol. The van der Waals surface area contributed by atoms with E-state index < -0.39 is 15.8 Å². The SMILES string of the molecule is COC(=O)Cc1ccc(OCc2ccc(Cl)cc2)c(C2CCCN(S(=O)(=O)c3ccc(F)cc3)C2)c1. The van der Waals surface area contributed by atoms with Crippen molar-refractivity contribution in [2.75, 3.05) is 20.2 Å². The van der Waals surface area contributed by atoms with Crippen molar-refractivity contribution < 1.29 is 27.1 Å². The Labute approximate surface area is 215 Å². The van der Waals surface area contributed by atoms with E-state index in [1.165, 1.54) is 23.5 Å². The van der Waals surface area contributed by atoms with Gasteiger partial charge < -0.3 is 9.47 Å². The van der Waals surface area contributed by atoms with Crippen LogP contribution in [0.4, 0.5) is 4.39 Å². The molecule has 1 saturated heterocycles. The molecule has 3 aromatic carbocycles. The van der Waals surface area contributed by atoms with Crippen LogP contribution in [0.2, 0.25) is 5.02 Å². The first kappa shape index (κ1) is 26.1. The Morgan fingerprint density at radius 2 is 1.75 bits per heavy atom. The molecule has 9 heteroatoms. The highest BCUT2D eigenvalue weighted by molar-refractivity contribution is 7.89. The van der Waals surface area contributed by atoms with Crippen molar-refractivity contribution >= 4 is 27.6 Å². The van der Waals surface area contributed by atoms with Crippen molar-refractivity contribution in [1.29, 1.82) is 0 Å². The molecule has 6 nitrogen and oxygen atoms in total.